The molecule has 5 nitrogen and oxygen atoms in total. The van der Waals surface area contributed by atoms with Crippen molar-refractivity contribution in [3.8, 4) is 0 Å². The summed E-state index contributed by atoms with van der Waals surface area (Å²) in [6.07, 6.45) is 1.85. The van der Waals surface area contributed by atoms with Gasteiger partial charge in [-0.25, -0.2) is 4.79 Å². The Morgan fingerprint density at radius 1 is 1.30 bits per heavy atom. The number of carbonyl (C=O) groups is 1. The van der Waals surface area contributed by atoms with Crippen molar-refractivity contribution in [1.82, 2.24) is 14.8 Å². The van der Waals surface area contributed by atoms with Crippen molar-refractivity contribution in [2.45, 2.75) is 13.5 Å². The molecule has 0 saturated carbocycles. The Bertz CT molecular complexity index is 793. The SMILES string of the molecule is Cc1ccn(Cc2cc(C(=O)O)c3ccccc3n2)n1. The second-order valence-corrected chi connectivity index (χ2v) is 4.64. The lowest BCUT2D eigenvalue weighted by Crippen LogP contribution is -2.06. The Morgan fingerprint density at radius 3 is 2.80 bits per heavy atom. The smallest absolute Gasteiger partial charge is 0.336 e. The van der Waals surface area contributed by atoms with Gasteiger partial charge in [-0.2, -0.15) is 5.10 Å². The average molecular weight is 267 g/mol. The largest absolute Gasteiger partial charge is 0.478 e. The molecule has 0 radical (unpaired) electrons. The van der Waals surface area contributed by atoms with Crippen LogP contribution < -0.4 is 0 Å². The molecule has 0 aliphatic rings. The Hall–Kier alpha value is -2.69. The topological polar surface area (TPSA) is 68.0 Å². The number of rotatable bonds is 3. The summed E-state index contributed by atoms with van der Waals surface area (Å²) in [6.45, 7) is 2.37. The maximum atomic E-state index is 11.4. The predicted molar refractivity (Wildman–Crippen MR) is 74.8 cm³/mol. The van der Waals surface area contributed by atoms with E-state index < -0.39 is 5.97 Å². The Kier molecular flexibility index (Phi) is 2.95. The summed E-state index contributed by atoms with van der Waals surface area (Å²) in [7, 11) is 0. The molecular formula is C15H13N3O2. The lowest BCUT2D eigenvalue weighted by atomic mass is 10.1. The second-order valence-electron chi connectivity index (χ2n) is 4.64. The number of benzene rings is 1. The number of hydrogen-bond donors (Lipinski definition) is 1. The summed E-state index contributed by atoms with van der Waals surface area (Å²) < 4.78 is 1.75. The highest BCUT2D eigenvalue weighted by Crippen LogP contribution is 2.19. The molecule has 0 spiro atoms. The number of carboxylic acids is 1. The van der Waals surface area contributed by atoms with Gasteiger partial charge in [0.1, 0.15) is 0 Å². The van der Waals surface area contributed by atoms with Crippen molar-refractivity contribution in [3.63, 3.8) is 0 Å². The number of fused-ring (bicyclic) bond motifs is 1. The monoisotopic (exact) mass is 267 g/mol. The fraction of sp³-hybridized carbons (Fsp3) is 0.133. The number of aromatic carboxylic acids is 1. The van der Waals surface area contributed by atoms with Gasteiger partial charge in [0.2, 0.25) is 0 Å². The molecule has 5 heteroatoms. The van der Waals surface area contributed by atoms with Gasteiger partial charge in [-0.3, -0.25) is 9.67 Å². The number of carboxylic acid groups (broad SMARTS) is 1. The second kappa shape index (κ2) is 4.77. The van der Waals surface area contributed by atoms with Crippen LogP contribution >= 0.6 is 0 Å². The first-order valence-electron chi connectivity index (χ1n) is 6.25. The number of pyridine rings is 1. The molecule has 2 aromatic heterocycles. The summed E-state index contributed by atoms with van der Waals surface area (Å²) in [6, 6.07) is 10.8. The third-order valence-electron chi connectivity index (χ3n) is 3.10. The first-order chi connectivity index (χ1) is 9.63. The van der Waals surface area contributed by atoms with Crippen molar-refractivity contribution >= 4 is 16.9 Å². The summed E-state index contributed by atoms with van der Waals surface area (Å²) in [4.78, 5) is 15.9. The molecular weight excluding hydrogens is 254 g/mol. The summed E-state index contributed by atoms with van der Waals surface area (Å²) >= 11 is 0. The zero-order valence-corrected chi connectivity index (χ0v) is 10.9. The fourth-order valence-corrected chi connectivity index (χ4v) is 2.21. The van der Waals surface area contributed by atoms with Gasteiger partial charge in [0.05, 0.1) is 29.0 Å². The van der Waals surface area contributed by atoms with E-state index in [9.17, 15) is 9.90 Å². The van der Waals surface area contributed by atoms with Gasteiger partial charge in [-0.1, -0.05) is 18.2 Å². The van der Waals surface area contributed by atoms with Crippen LogP contribution in [0.5, 0.6) is 0 Å². The third-order valence-corrected chi connectivity index (χ3v) is 3.10. The quantitative estimate of drug-likeness (QED) is 0.791. The van der Waals surface area contributed by atoms with Crippen molar-refractivity contribution in [1.29, 1.82) is 0 Å². The van der Waals surface area contributed by atoms with Gasteiger partial charge in [0.15, 0.2) is 0 Å². The molecule has 3 aromatic rings. The molecule has 0 saturated heterocycles. The molecule has 0 amide bonds. The van der Waals surface area contributed by atoms with Gasteiger partial charge in [0, 0.05) is 11.6 Å². The minimum atomic E-state index is -0.943. The van der Waals surface area contributed by atoms with Crippen LogP contribution in [-0.2, 0) is 6.54 Å². The molecule has 20 heavy (non-hydrogen) atoms. The van der Waals surface area contributed by atoms with Crippen LogP contribution in [0.25, 0.3) is 10.9 Å². The van der Waals surface area contributed by atoms with Gasteiger partial charge >= 0.3 is 5.97 Å². The summed E-state index contributed by atoms with van der Waals surface area (Å²) in [5.41, 5.74) is 2.56. The molecule has 0 bridgehead atoms. The van der Waals surface area contributed by atoms with Crippen molar-refractivity contribution in [3.05, 3.63) is 59.5 Å². The van der Waals surface area contributed by atoms with E-state index in [2.05, 4.69) is 10.1 Å². The average Bonchev–Trinajstić information content (AvgIpc) is 2.83. The lowest BCUT2D eigenvalue weighted by molar-refractivity contribution is 0.0699. The fourth-order valence-electron chi connectivity index (χ4n) is 2.21. The van der Waals surface area contributed by atoms with Crippen LogP contribution in [0.1, 0.15) is 21.7 Å². The number of aryl methyl sites for hydroxylation is 1. The number of hydrogen-bond acceptors (Lipinski definition) is 3. The van der Waals surface area contributed by atoms with Gasteiger partial charge < -0.3 is 5.11 Å². The molecule has 1 N–H and O–H groups in total. The Labute approximate surface area is 115 Å². The zero-order chi connectivity index (χ0) is 14.1. The highest BCUT2D eigenvalue weighted by atomic mass is 16.4. The standard InChI is InChI=1S/C15H13N3O2/c1-10-6-7-18(17-10)9-11-8-13(15(19)20)12-4-2-3-5-14(12)16-11/h2-8H,9H2,1H3,(H,19,20). The van der Waals surface area contributed by atoms with E-state index in [1.165, 1.54) is 0 Å². The third kappa shape index (κ3) is 2.25. The van der Waals surface area contributed by atoms with E-state index >= 15 is 0 Å². The maximum Gasteiger partial charge on any atom is 0.336 e. The minimum Gasteiger partial charge on any atom is -0.478 e. The van der Waals surface area contributed by atoms with E-state index in [-0.39, 0.29) is 5.56 Å². The normalized spacial score (nSPS) is 10.8. The van der Waals surface area contributed by atoms with Gasteiger partial charge in [0.25, 0.3) is 0 Å². The molecule has 3 rings (SSSR count). The Morgan fingerprint density at radius 2 is 2.10 bits per heavy atom. The van der Waals surface area contributed by atoms with Crippen LogP contribution in [0.2, 0.25) is 0 Å². The first-order valence-corrected chi connectivity index (χ1v) is 6.25. The minimum absolute atomic E-state index is 0.273. The highest BCUT2D eigenvalue weighted by molar-refractivity contribution is 6.02. The molecule has 2 heterocycles. The number of nitrogens with zero attached hydrogens (tertiary/aromatic N) is 3. The molecule has 0 fully saturated rings. The van der Waals surface area contributed by atoms with Gasteiger partial charge in [-0.05, 0) is 25.1 Å². The molecule has 0 atom stereocenters. The molecule has 0 aliphatic carbocycles. The van der Waals surface area contributed by atoms with E-state index in [1.54, 1.807) is 16.8 Å². The Balaban J connectivity index is 2.10. The molecule has 100 valence electrons. The van der Waals surface area contributed by atoms with Crippen LogP contribution in [-0.4, -0.2) is 25.8 Å². The predicted octanol–water partition coefficient (Wildman–Crippen LogP) is 2.49. The maximum absolute atomic E-state index is 11.4. The van der Waals surface area contributed by atoms with Crippen LogP contribution in [0, 0.1) is 6.92 Å². The summed E-state index contributed by atoms with van der Waals surface area (Å²) in [5.74, 6) is -0.943. The van der Waals surface area contributed by atoms with Crippen LogP contribution in [0.3, 0.4) is 0 Å². The highest BCUT2D eigenvalue weighted by Gasteiger charge is 2.11. The summed E-state index contributed by atoms with van der Waals surface area (Å²) in [5, 5.41) is 14.3. The van der Waals surface area contributed by atoms with E-state index in [0.29, 0.717) is 23.1 Å². The molecule has 0 aliphatic heterocycles. The van der Waals surface area contributed by atoms with Gasteiger partial charge in [-0.15, -0.1) is 0 Å². The number of para-hydroxylation sites is 1. The first kappa shape index (κ1) is 12.3. The van der Waals surface area contributed by atoms with E-state index in [1.807, 2.05) is 37.4 Å². The van der Waals surface area contributed by atoms with Crippen molar-refractivity contribution < 1.29 is 9.90 Å². The number of aromatic nitrogens is 3. The van der Waals surface area contributed by atoms with E-state index in [4.69, 9.17) is 0 Å². The zero-order valence-electron chi connectivity index (χ0n) is 10.9. The van der Waals surface area contributed by atoms with Crippen LogP contribution in [0.4, 0.5) is 0 Å². The van der Waals surface area contributed by atoms with Crippen molar-refractivity contribution in [2.75, 3.05) is 0 Å². The molecule has 0 unspecified atom stereocenters. The van der Waals surface area contributed by atoms with Crippen LogP contribution in [0.15, 0.2) is 42.6 Å². The van der Waals surface area contributed by atoms with Crippen molar-refractivity contribution in [2.24, 2.45) is 0 Å². The molecule has 1 aromatic carbocycles. The van der Waals surface area contributed by atoms with E-state index in [0.717, 1.165) is 5.69 Å². The lowest BCUT2D eigenvalue weighted by Gasteiger charge is -2.07.